The van der Waals surface area contributed by atoms with Crippen molar-refractivity contribution in [1.29, 1.82) is 0 Å². The van der Waals surface area contributed by atoms with E-state index in [1.54, 1.807) is 23.1 Å². The van der Waals surface area contributed by atoms with E-state index in [1.165, 1.54) is 0 Å². The number of amides is 3. The van der Waals surface area contributed by atoms with Gasteiger partial charge < -0.3 is 25.6 Å². The molecule has 37 heavy (non-hydrogen) atoms. The Morgan fingerprint density at radius 3 is 2.65 bits per heavy atom. The standard InChI is InChI=1S/C26H28Cl2N4O5/c27-13-6-18(28)16-8-21(30-19(16)7-13)26(37)32-9-17-14-3-12(14)4-15(17)23(32)25(36)31-20(22(34)10-33)5-11-1-2-29-24(11)35/h6-8,11-12,14-15,17,20,23,30,33H,1-5,9-10H2,(H,29,35)(H,31,36). The number of carbonyl (C=O) groups excluding carboxylic acids is 4. The summed E-state index contributed by atoms with van der Waals surface area (Å²) < 4.78 is 0. The van der Waals surface area contributed by atoms with Crippen molar-refractivity contribution in [3.63, 3.8) is 0 Å². The number of carbonyl (C=O) groups is 4. The van der Waals surface area contributed by atoms with Crippen LogP contribution in [0.5, 0.6) is 0 Å². The highest BCUT2D eigenvalue weighted by Gasteiger charge is 2.62. The largest absolute Gasteiger partial charge is 0.389 e. The van der Waals surface area contributed by atoms with Gasteiger partial charge in [0.25, 0.3) is 5.91 Å². The molecule has 3 amide bonds. The van der Waals surface area contributed by atoms with Crippen LogP contribution in [0.15, 0.2) is 18.2 Å². The number of fused-ring (bicyclic) bond motifs is 4. The maximum absolute atomic E-state index is 13.8. The van der Waals surface area contributed by atoms with Crippen molar-refractivity contribution in [1.82, 2.24) is 20.5 Å². The number of nitrogens with one attached hydrogen (secondary N) is 3. The first-order chi connectivity index (χ1) is 17.7. The van der Waals surface area contributed by atoms with Crippen molar-refractivity contribution in [3.05, 3.63) is 33.9 Å². The smallest absolute Gasteiger partial charge is 0.271 e. The number of ketones is 1. The highest BCUT2D eigenvalue weighted by molar-refractivity contribution is 6.38. The normalized spacial score (nSPS) is 30.7. The number of Topliss-reactive ketones (excluding diaryl/α,β-unsaturated/α-hetero) is 1. The summed E-state index contributed by atoms with van der Waals surface area (Å²) in [6.45, 7) is 0.256. The van der Waals surface area contributed by atoms with Gasteiger partial charge in [0.2, 0.25) is 11.8 Å². The first kappa shape index (κ1) is 24.7. The average Bonchev–Trinajstić information content (AvgIpc) is 3.22. The Morgan fingerprint density at radius 1 is 1.14 bits per heavy atom. The van der Waals surface area contributed by atoms with Gasteiger partial charge in [0.05, 0.1) is 11.1 Å². The molecule has 0 radical (unpaired) electrons. The molecule has 2 aliphatic carbocycles. The molecule has 7 unspecified atom stereocenters. The van der Waals surface area contributed by atoms with Crippen LogP contribution in [0.3, 0.4) is 0 Å². The van der Waals surface area contributed by atoms with Gasteiger partial charge in [-0.05, 0) is 67.6 Å². The molecule has 196 valence electrons. The monoisotopic (exact) mass is 546 g/mol. The molecule has 3 heterocycles. The molecule has 1 aromatic carbocycles. The van der Waals surface area contributed by atoms with Crippen molar-refractivity contribution in [2.24, 2.45) is 29.6 Å². The molecule has 6 rings (SSSR count). The third-order valence-corrected chi connectivity index (χ3v) is 9.29. The number of nitrogens with zero attached hydrogens (tertiary/aromatic N) is 1. The van der Waals surface area contributed by atoms with E-state index >= 15 is 0 Å². The number of aromatic nitrogens is 1. The predicted molar refractivity (Wildman–Crippen MR) is 136 cm³/mol. The van der Waals surface area contributed by atoms with Gasteiger partial charge in [-0.15, -0.1) is 0 Å². The molecule has 2 aliphatic heterocycles. The summed E-state index contributed by atoms with van der Waals surface area (Å²) in [5.74, 6) is -0.473. The summed E-state index contributed by atoms with van der Waals surface area (Å²) in [5.41, 5.74) is 0.946. The summed E-state index contributed by atoms with van der Waals surface area (Å²) >= 11 is 12.5. The van der Waals surface area contributed by atoms with Crippen LogP contribution < -0.4 is 10.6 Å². The van der Waals surface area contributed by atoms with Gasteiger partial charge in [0.15, 0.2) is 5.78 Å². The molecule has 0 bridgehead atoms. The quantitative estimate of drug-likeness (QED) is 0.422. The van der Waals surface area contributed by atoms with E-state index in [2.05, 4.69) is 15.6 Å². The Balaban J connectivity index is 1.27. The second-order valence-corrected chi connectivity index (χ2v) is 11.7. The topological polar surface area (TPSA) is 132 Å². The number of hydrogen-bond acceptors (Lipinski definition) is 5. The van der Waals surface area contributed by atoms with E-state index in [-0.39, 0.29) is 30.1 Å². The molecule has 2 aromatic rings. The van der Waals surface area contributed by atoms with Gasteiger partial charge in [-0.2, -0.15) is 0 Å². The Labute approximate surface area is 223 Å². The molecule has 2 saturated carbocycles. The zero-order valence-corrected chi connectivity index (χ0v) is 21.5. The zero-order chi connectivity index (χ0) is 26.0. The highest BCUT2D eigenvalue weighted by atomic mass is 35.5. The van der Waals surface area contributed by atoms with Crippen LogP contribution in [0.2, 0.25) is 10.0 Å². The third kappa shape index (κ3) is 4.30. The summed E-state index contributed by atoms with van der Waals surface area (Å²) in [5, 5.41) is 16.6. The second kappa shape index (κ2) is 9.29. The van der Waals surface area contributed by atoms with Crippen molar-refractivity contribution >= 4 is 57.6 Å². The molecule has 2 saturated heterocycles. The number of benzene rings is 1. The molecule has 11 heteroatoms. The van der Waals surface area contributed by atoms with Crippen LogP contribution in [0.25, 0.3) is 10.9 Å². The molecule has 4 fully saturated rings. The number of aromatic amines is 1. The van der Waals surface area contributed by atoms with Crippen LogP contribution in [0.1, 0.15) is 36.2 Å². The number of likely N-dealkylation sites (tertiary alicyclic amines) is 1. The van der Waals surface area contributed by atoms with Crippen molar-refractivity contribution in [2.45, 2.75) is 37.8 Å². The minimum atomic E-state index is -0.993. The fourth-order valence-electron chi connectivity index (χ4n) is 6.88. The molecule has 4 N–H and O–H groups in total. The van der Waals surface area contributed by atoms with Crippen LogP contribution in [0, 0.1) is 29.6 Å². The van der Waals surface area contributed by atoms with E-state index in [1.807, 2.05) is 0 Å². The van der Waals surface area contributed by atoms with Crippen LogP contribution in [-0.2, 0) is 14.4 Å². The fraction of sp³-hybridized carbons (Fsp3) is 0.538. The summed E-state index contributed by atoms with van der Waals surface area (Å²) in [6, 6.07) is 3.26. The maximum atomic E-state index is 13.8. The lowest BCUT2D eigenvalue weighted by Crippen LogP contribution is -2.53. The van der Waals surface area contributed by atoms with Gasteiger partial charge in [0.1, 0.15) is 18.3 Å². The number of hydrogen-bond donors (Lipinski definition) is 4. The van der Waals surface area contributed by atoms with Crippen LogP contribution in [-0.4, -0.2) is 70.3 Å². The first-order valence-corrected chi connectivity index (χ1v) is 13.5. The number of rotatable bonds is 7. The van der Waals surface area contributed by atoms with Gasteiger partial charge in [-0.25, -0.2) is 0 Å². The minimum Gasteiger partial charge on any atom is -0.389 e. The summed E-state index contributed by atoms with van der Waals surface area (Å²) in [7, 11) is 0. The van der Waals surface area contributed by atoms with Gasteiger partial charge in [-0.1, -0.05) is 23.2 Å². The van der Waals surface area contributed by atoms with E-state index in [4.69, 9.17) is 23.2 Å². The summed E-state index contributed by atoms with van der Waals surface area (Å²) in [4.78, 5) is 56.8. The first-order valence-electron chi connectivity index (χ1n) is 12.8. The van der Waals surface area contributed by atoms with Crippen LogP contribution in [0.4, 0.5) is 0 Å². The van der Waals surface area contributed by atoms with E-state index in [0.717, 1.165) is 12.8 Å². The number of halogens is 2. The maximum Gasteiger partial charge on any atom is 0.271 e. The Morgan fingerprint density at radius 2 is 1.92 bits per heavy atom. The van der Waals surface area contributed by atoms with E-state index in [0.29, 0.717) is 58.0 Å². The van der Waals surface area contributed by atoms with Crippen LogP contribution >= 0.6 is 23.2 Å². The zero-order valence-electron chi connectivity index (χ0n) is 20.0. The average molecular weight is 547 g/mol. The molecular weight excluding hydrogens is 519 g/mol. The van der Waals surface area contributed by atoms with E-state index in [9.17, 15) is 24.3 Å². The lowest BCUT2D eigenvalue weighted by Gasteiger charge is -2.29. The lowest BCUT2D eigenvalue weighted by molar-refractivity contribution is -0.133. The Bertz CT molecular complexity index is 1310. The van der Waals surface area contributed by atoms with Crippen molar-refractivity contribution < 1.29 is 24.3 Å². The van der Waals surface area contributed by atoms with Gasteiger partial charge >= 0.3 is 0 Å². The van der Waals surface area contributed by atoms with E-state index < -0.39 is 36.3 Å². The van der Waals surface area contributed by atoms with Gasteiger partial charge in [0, 0.05) is 34.9 Å². The SMILES string of the molecule is O=C1NCCC1CC(NC(=O)C1C2CC3CC3C2CN1C(=O)c1cc2c(Cl)cc(Cl)cc2[nH]1)C(=O)CO. The second-order valence-electron chi connectivity index (χ2n) is 10.9. The van der Waals surface area contributed by atoms with Crippen molar-refractivity contribution in [2.75, 3.05) is 19.7 Å². The lowest BCUT2D eigenvalue weighted by atomic mass is 9.88. The summed E-state index contributed by atoms with van der Waals surface area (Å²) in [6.07, 6.45) is 2.69. The van der Waals surface area contributed by atoms with Gasteiger partial charge in [-0.3, -0.25) is 19.2 Å². The minimum absolute atomic E-state index is 0.00904. The predicted octanol–water partition coefficient (Wildman–Crippen LogP) is 2.14. The third-order valence-electron chi connectivity index (χ3n) is 8.76. The molecule has 4 aliphatic rings. The number of aliphatic hydroxyl groups is 1. The molecule has 0 spiro atoms. The number of H-pyrrole nitrogens is 1. The molecule has 9 nitrogen and oxygen atoms in total. The fourth-order valence-corrected chi connectivity index (χ4v) is 7.43. The Kier molecular flexibility index (Phi) is 6.20. The molecule has 7 atom stereocenters. The molecule has 1 aromatic heterocycles. The molecular formula is C26H28Cl2N4O5. The number of aliphatic hydroxyl groups excluding tert-OH is 1. The van der Waals surface area contributed by atoms with Crippen molar-refractivity contribution in [3.8, 4) is 0 Å². The highest BCUT2D eigenvalue weighted by Crippen LogP contribution is 2.62. The Hall–Kier alpha value is -2.62.